The lowest BCUT2D eigenvalue weighted by Crippen LogP contribution is -2.50. The molecular weight excluding hydrogens is 584 g/mol. The van der Waals surface area contributed by atoms with E-state index in [2.05, 4.69) is 15.7 Å². The molecule has 3 N–H and O–H groups in total. The molecule has 2 aromatic rings. The molecule has 1 aromatic carbocycles. The molecule has 1 saturated heterocycles. The Balaban J connectivity index is 1.36. The third-order valence-electron chi connectivity index (χ3n) is 8.37. The minimum atomic E-state index is -4.61. The van der Waals surface area contributed by atoms with Crippen LogP contribution in [0.5, 0.6) is 0 Å². The first kappa shape index (κ1) is 31.9. The summed E-state index contributed by atoms with van der Waals surface area (Å²) in [5, 5.41) is 11.7. The van der Waals surface area contributed by atoms with Crippen LogP contribution in [-0.4, -0.2) is 77.5 Å². The lowest BCUT2D eigenvalue weighted by Gasteiger charge is -2.34. The van der Waals surface area contributed by atoms with E-state index < -0.39 is 48.3 Å². The first-order valence-corrected chi connectivity index (χ1v) is 15.0. The van der Waals surface area contributed by atoms with Gasteiger partial charge in [-0.1, -0.05) is 6.07 Å². The zero-order chi connectivity index (χ0) is 31.6. The van der Waals surface area contributed by atoms with E-state index >= 15 is 4.39 Å². The number of alkyl halides is 3. The average Bonchev–Trinajstić information content (AvgIpc) is 3.92. The van der Waals surface area contributed by atoms with E-state index in [1.54, 1.807) is 15.6 Å². The van der Waals surface area contributed by atoms with Crippen LogP contribution in [0.3, 0.4) is 0 Å². The maximum atomic E-state index is 15.5. The Kier molecular flexibility index (Phi) is 9.59. The molecule has 2 heterocycles. The van der Waals surface area contributed by atoms with Crippen molar-refractivity contribution >= 4 is 23.4 Å². The normalized spacial score (nSPS) is 19.1. The molecule has 1 aromatic heterocycles. The predicted molar refractivity (Wildman–Crippen MR) is 152 cm³/mol. The summed E-state index contributed by atoms with van der Waals surface area (Å²) in [6, 6.07) is 3.17. The molecule has 240 valence electrons. The standard InChI is InChI=1S/C30H38F4N6O4/c1-17(2)40-23(9-10-36-40)27(41)38-25(24(18-3-4-18)19-5-6-19)28(42)37-22-8-7-20(15-21(22)31)26(39-11-13-44-14-12-39)29(43)35-16-30(32,33)34/h7-10,15,17-19,24-26H,3-6,11-14,16H2,1-2H3,(H,35,43)(H,37,42)(H,38,41). The molecule has 0 bridgehead atoms. The number of carbonyl (C=O) groups excluding carboxylic acids is 3. The Morgan fingerprint density at radius 1 is 1.02 bits per heavy atom. The highest BCUT2D eigenvalue weighted by atomic mass is 19.4. The quantitative estimate of drug-likeness (QED) is 0.310. The lowest BCUT2D eigenvalue weighted by molar-refractivity contribution is -0.142. The van der Waals surface area contributed by atoms with Gasteiger partial charge in [-0.05, 0) is 81.0 Å². The number of rotatable bonds is 12. The second-order valence-corrected chi connectivity index (χ2v) is 12.1. The Labute approximate surface area is 252 Å². The predicted octanol–water partition coefficient (Wildman–Crippen LogP) is 3.83. The number of anilines is 1. The maximum Gasteiger partial charge on any atom is 0.405 e. The van der Waals surface area contributed by atoms with Crippen LogP contribution in [0, 0.1) is 23.6 Å². The van der Waals surface area contributed by atoms with Gasteiger partial charge in [0.05, 0.1) is 18.9 Å². The molecule has 0 radical (unpaired) electrons. The maximum absolute atomic E-state index is 15.5. The highest BCUT2D eigenvalue weighted by Crippen LogP contribution is 2.51. The molecule has 1 aliphatic heterocycles. The molecule has 14 heteroatoms. The summed E-state index contributed by atoms with van der Waals surface area (Å²) in [6.45, 7) is 3.34. The number of morpholine rings is 1. The van der Waals surface area contributed by atoms with Crippen molar-refractivity contribution < 1.29 is 36.7 Å². The Hall–Kier alpha value is -3.52. The number of benzene rings is 1. The summed E-state index contributed by atoms with van der Waals surface area (Å²) in [6.07, 6.45) is 0.720. The highest BCUT2D eigenvalue weighted by molar-refractivity contribution is 6.01. The van der Waals surface area contributed by atoms with Crippen LogP contribution >= 0.6 is 0 Å². The zero-order valence-corrected chi connectivity index (χ0v) is 24.7. The van der Waals surface area contributed by atoms with E-state index in [1.165, 1.54) is 18.3 Å². The smallest absolute Gasteiger partial charge is 0.379 e. The molecule has 2 unspecified atom stereocenters. The van der Waals surface area contributed by atoms with E-state index in [9.17, 15) is 27.6 Å². The number of nitrogens with one attached hydrogen (secondary N) is 3. The molecule has 10 nitrogen and oxygen atoms in total. The van der Waals surface area contributed by atoms with Gasteiger partial charge in [-0.3, -0.25) is 24.0 Å². The second-order valence-electron chi connectivity index (χ2n) is 12.1. The monoisotopic (exact) mass is 622 g/mol. The summed E-state index contributed by atoms with van der Waals surface area (Å²) >= 11 is 0. The van der Waals surface area contributed by atoms with E-state index in [0.29, 0.717) is 5.69 Å². The first-order valence-electron chi connectivity index (χ1n) is 15.0. The average molecular weight is 623 g/mol. The van der Waals surface area contributed by atoms with Gasteiger partial charge >= 0.3 is 6.18 Å². The van der Waals surface area contributed by atoms with Gasteiger partial charge in [0.25, 0.3) is 5.91 Å². The Bertz CT molecular complexity index is 1340. The van der Waals surface area contributed by atoms with Crippen LogP contribution < -0.4 is 16.0 Å². The van der Waals surface area contributed by atoms with Gasteiger partial charge < -0.3 is 20.7 Å². The van der Waals surface area contributed by atoms with Gasteiger partial charge in [-0.25, -0.2) is 4.39 Å². The number of amides is 3. The molecular formula is C30H38F4N6O4. The summed E-state index contributed by atoms with van der Waals surface area (Å²) < 4.78 is 60.9. The molecule has 44 heavy (non-hydrogen) atoms. The minimum Gasteiger partial charge on any atom is -0.379 e. The van der Waals surface area contributed by atoms with Crippen molar-refractivity contribution in [2.24, 2.45) is 17.8 Å². The lowest BCUT2D eigenvalue weighted by atomic mass is 9.88. The Morgan fingerprint density at radius 3 is 2.25 bits per heavy atom. The van der Waals surface area contributed by atoms with Crippen molar-refractivity contribution in [3.05, 3.63) is 47.5 Å². The second kappa shape index (κ2) is 13.2. The molecule has 3 aliphatic rings. The molecule has 3 fully saturated rings. The molecule has 2 aliphatic carbocycles. The molecule has 0 spiro atoms. The van der Waals surface area contributed by atoms with Crippen molar-refractivity contribution in [2.45, 2.75) is 63.8 Å². The van der Waals surface area contributed by atoms with Crippen LogP contribution in [0.1, 0.15) is 67.7 Å². The fourth-order valence-corrected chi connectivity index (χ4v) is 6.01. The first-order chi connectivity index (χ1) is 20.9. The fourth-order valence-electron chi connectivity index (χ4n) is 6.01. The van der Waals surface area contributed by atoms with Crippen LogP contribution in [-0.2, 0) is 14.3 Å². The summed E-state index contributed by atoms with van der Waals surface area (Å²) in [7, 11) is 0. The molecule has 5 rings (SSSR count). The number of halogens is 4. The van der Waals surface area contributed by atoms with E-state index in [-0.39, 0.29) is 61.3 Å². The highest BCUT2D eigenvalue weighted by Gasteiger charge is 2.48. The largest absolute Gasteiger partial charge is 0.405 e. The van der Waals surface area contributed by atoms with Crippen molar-refractivity contribution in [3.8, 4) is 0 Å². The number of aromatic nitrogens is 2. The van der Waals surface area contributed by atoms with Gasteiger partial charge in [0.15, 0.2) is 0 Å². The van der Waals surface area contributed by atoms with E-state index in [0.717, 1.165) is 31.7 Å². The SMILES string of the molecule is CC(C)n1nccc1C(=O)NC(C(=O)Nc1ccc(C(C(=O)NCC(F)(F)F)N2CCOCC2)cc1F)C(C1CC1)C1CC1. The number of ether oxygens (including phenoxy) is 1. The van der Waals surface area contributed by atoms with Crippen molar-refractivity contribution in [3.63, 3.8) is 0 Å². The number of hydrogen-bond donors (Lipinski definition) is 3. The van der Waals surface area contributed by atoms with Crippen molar-refractivity contribution in [1.29, 1.82) is 0 Å². The number of hydrogen-bond acceptors (Lipinski definition) is 6. The molecule has 2 atom stereocenters. The van der Waals surface area contributed by atoms with E-state index in [1.807, 2.05) is 19.2 Å². The van der Waals surface area contributed by atoms with Gasteiger partial charge in [0.2, 0.25) is 11.8 Å². The third kappa shape index (κ3) is 7.76. The fraction of sp³-hybridized carbons (Fsp3) is 0.600. The minimum absolute atomic E-state index is 0.0786. The van der Waals surface area contributed by atoms with Crippen LogP contribution in [0.15, 0.2) is 30.5 Å². The number of carbonyl (C=O) groups is 3. The van der Waals surface area contributed by atoms with Crippen LogP contribution in [0.4, 0.5) is 23.2 Å². The van der Waals surface area contributed by atoms with Gasteiger partial charge in [0, 0.05) is 25.3 Å². The summed E-state index contributed by atoms with van der Waals surface area (Å²) in [5.41, 5.74) is 0.298. The molecule has 3 amide bonds. The zero-order valence-electron chi connectivity index (χ0n) is 24.7. The van der Waals surface area contributed by atoms with Gasteiger partial charge in [-0.2, -0.15) is 18.3 Å². The van der Waals surface area contributed by atoms with Crippen molar-refractivity contribution in [2.75, 3.05) is 38.2 Å². The molecule has 2 saturated carbocycles. The van der Waals surface area contributed by atoms with E-state index in [4.69, 9.17) is 4.74 Å². The third-order valence-corrected chi connectivity index (χ3v) is 8.37. The summed E-state index contributed by atoms with van der Waals surface area (Å²) in [5.74, 6) is -2.31. The van der Waals surface area contributed by atoms with Gasteiger partial charge in [0.1, 0.15) is 30.1 Å². The van der Waals surface area contributed by atoms with Gasteiger partial charge in [-0.15, -0.1) is 0 Å². The van der Waals surface area contributed by atoms with Crippen molar-refractivity contribution in [1.82, 2.24) is 25.3 Å². The summed E-state index contributed by atoms with van der Waals surface area (Å²) in [4.78, 5) is 41.6. The topological polar surface area (TPSA) is 118 Å². The number of nitrogens with zero attached hydrogens (tertiary/aromatic N) is 3. The van der Waals surface area contributed by atoms with Crippen LogP contribution in [0.2, 0.25) is 0 Å². The Morgan fingerprint density at radius 2 is 1.68 bits per heavy atom. The van der Waals surface area contributed by atoms with Crippen LogP contribution in [0.25, 0.3) is 0 Å².